The number of carbonyl (C=O) groups is 1. The molecule has 1 rings (SSSR count). The van der Waals surface area contributed by atoms with Gasteiger partial charge in [-0.15, -0.1) is 12.4 Å². The largest absolute Gasteiger partial charge is 0.345 e. The van der Waals surface area contributed by atoms with Crippen molar-refractivity contribution in [1.29, 1.82) is 0 Å². The molecule has 1 saturated carbocycles. The molecule has 2 N–H and O–H groups in total. The summed E-state index contributed by atoms with van der Waals surface area (Å²) in [5.41, 5.74) is 5.89. The maximum atomic E-state index is 12.3. The molecule has 0 unspecified atom stereocenters. The second-order valence-corrected chi connectivity index (χ2v) is 6.29. The first-order valence-corrected chi connectivity index (χ1v) is 6.30. The highest BCUT2D eigenvalue weighted by molar-refractivity contribution is 5.85. The minimum Gasteiger partial charge on any atom is -0.345 e. The molecule has 0 aliphatic heterocycles. The molecule has 0 aromatic rings. The first kappa shape index (κ1) is 16.7. The second-order valence-electron chi connectivity index (χ2n) is 6.29. The minimum atomic E-state index is 0. The lowest BCUT2D eigenvalue weighted by molar-refractivity contribution is -0.136. The molecule has 1 aliphatic rings. The molecule has 2 atom stereocenters. The smallest absolute Gasteiger partial charge is 0.225 e. The van der Waals surface area contributed by atoms with Gasteiger partial charge in [-0.1, -0.05) is 27.2 Å². The second kappa shape index (κ2) is 6.60. The third-order valence-corrected chi connectivity index (χ3v) is 3.37. The Bertz CT molecular complexity index is 250. The molecule has 0 heterocycles. The van der Waals surface area contributed by atoms with Gasteiger partial charge in [-0.2, -0.15) is 0 Å². The summed E-state index contributed by atoms with van der Waals surface area (Å²) in [5, 5.41) is 0. The zero-order chi connectivity index (χ0) is 12.3. The van der Waals surface area contributed by atoms with Crippen molar-refractivity contribution < 1.29 is 4.79 Å². The lowest BCUT2D eigenvalue weighted by atomic mass is 9.92. The first-order valence-electron chi connectivity index (χ1n) is 6.30. The molecular weight excluding hydrogens is 236 g/mol. The van der Waals surface area contributed by atoms with E-state index in [1.165, 1.54) is 0 Å². The van der Waals surface area contributed by atoms with Crippen molar-refractivity contribution >= 4 is 18.3 Å². The van der Waals surface area contributed by atoms with Gasteiger partial charge in [0.15, 0.2) is 0 Å². The molecule has 0 spiro atoms. The number of halogens is 1. The van der Waals surface area contributed by atoms with Crippen molar-refractivity contribution in [1.82, 2.24) is 4.90 Å². The maximum Gasteiger partial charge on any atom is 0.225 e. The van der Waals surface area contributed by atoms with Crippen molar-refractivity contribution in [2.24, 2.45) is 23.0 Å². The van der Waals surface area contributed by atoms with Crippen LogP contribution in [0.3, 0.4) is 0 Å². The number of nitrogens with zero attached hydrogens (tertiary/aromatic N) is 1. The summed E-state index contributed by atoms with van der Waals surface area (Å²) >= 11 is 0. The zero-order valence-electron chi connectivity index (χ0n) is 11.5. The van der Waals surface area contributed by atoms with Gasteiger partial charge in [0.05, 0.1) is 0 Å². The number of hydrogen-bond donors (Lipinski definition) is 1. The van der Waals surface area contributed by atoms with E-state index in [0.717, 1.165) is 25.8 Å². The summed E-state index contributed by atoms with van der Waals surface area (Å²) in [6.45, 7) is 7.95. The van der Waals surface area contributed by atoms with Crippen LogP contribution in [0.1, 0.15) is 40.0 Å². The SMILES string of the molecule is CN(CC(C)(C)C)C(=O)[C@@H]1CCC[C@@H]1CN.Cl. The van der Waals surface area contributed by atoms with Crippen LogP contribution in [0.25, 0.3) is 0 Å². The van der Waals surface area contributed by atoms with Crippen molar-refractivity contribution in [3.05, 3.63) is 0 Å². The average molecular weight is 263 g/mol. The van der Waals surface area contributed by atoms with E-state index in [1.54, 1.807) is 0 Å². The molecular formula is C13H27ClN2O. The van der Waals surface area contributed by atoms with Gasteiger partial charge in [-0.05, 0) is 30.7 Å². The Balaban J connectivity index is 0.00000256. The molecule has 1 fully saturated rings. The van der Waals surface area contributed by atoms with E-state index in [4.69, 9.17) is 5.73 Å². The highest BCUT2D eigenvalue weighted by atomic mass is 35.5. The molecule has 0 aromatic heterocycles. The lowest BCUT2D eigenvalue weighted by Gasteiger charge is -2.30. The van der Waals surface area contributed by atoms with Crippen molar-refractivity contribution in [2.45, 2.75) is 40.0 Å². The van der Waals surface area contributed by atoms with Crippen molar-refractivity contribution in [3.8, 4) is 0 Å². The van der Waals surface area contributed by atoms with Crippen LogP contribution in [-0.4, -0.2) is 30.9 Å². The topological polar surface area (TPSA) is 46.3 Å². The summed E-state index contributed by atoms with van der Waals surface area (Å²) in [5.74, 6) is 0.884. The number of rotatable bonds is 3. The highest BCUT2D eigenvalue weighted by Crippen LogP contribution is 2.32. The third kappa shape index (κ3) is 4.84. The van der Waals surface area contributed by atoms with Gasteiger partial charge in [0.25, 0.3) is 0 Å². The molecule has 3 nitrogen and oxygen atoms in total. The first-order chi connectivity index (χ1) is 7.35. The van der Waals surface area contributed by atoms with E-state index in [2.05, 4.69) is 20.8 Å². The van der Waals surface area contributed by atoms with Crippen LogP contribution in [0.2, 0.25) is 0 Å². The molecule has 1 amide bonds. The number of hydrogen-bond acceptors (Lipinski definition) is 2. The van der Waals surface area contributed by atoms with E-state index in [1.807, 2.05) is 11.9 Å². The maximum absolute atomic E-state index is 12.3. The van der Waals surface area contributed by atoms with Crippen LogP contribution in [0.5, 0.6) is 0 Å². The molecule has 4 heteroatoms. The van der Waals surface area contributed by atoms with Gasteiger partial charge < -0.3 is 10.6 Å². The van der Waals surface area contributed by atoms with Crippen LogP contribution in [0.15, 0.2) is 0 Å². The van der Waals surface area contributed by atoms with Crippen LogP contribution in [0, 0.1) is 17.3 Å². The fourth-order valence-corrected chi connectivity index (χ4v) is 2.72. The van der Waals surface area contributed by atoms with Crippen LogP contribution in [0.4, 0.5) is 0 Å². The van der Waals surface area contributed by atoms with Crippen LogP contribution in [-0.2, 0) is 4.79 Å². The minimum absolute atomic E-state index is 0. The van der Waals surface area contributed by atoms with E-state index in [-0.39, 0.29) is 23.7 Å². The summed E-state index contributed by atoms with van der Waals surface area (Å²) in [6, 6.07) is 0. The van der Waals surface area contributed by atoms with Gasteiger partial charge in [-0.3, -0.25) is 4.79 Å². The van der Waals surface area contributed by atoms with Crippen molar-refractivity contribution in [3.63, 3.8) is 0 Å². The Kier molecular flexibility index (Phi) is 6.49. The summed E-state index contributed by atoms with van der Waals surface area (Å²) < 4.78 is 0. The zero-order valence-corrected chi connectivity index (χ0v) is 12.3. The average Bonchev–Trinajstić information content (AvgIpc) is 2.61. The van der Waals surface area contributed by atoms with E-state index in [0.29, 0.717) is 18.4 Å². The molecule has 1 aliphatic carbocycles. The van der Waals surface area contributed by atoms with E-state index in [9.17, 15) is 4.79 Å². The molecule has 0 bridgehead atoms. The fourth-order valence-electron chi connectivity index (χ4n) is 2.72. The van der Waals surface area contributed by atoms with E-state index >= 15 is 0 Å². The Morgan fingerprint density at radius 3 is 2.41 bits per heavy atom. The Hall–Kier alpha value is -0.280. The number of amides is 1. The van der Waals surface area contributed by atoms with Gasteiger partial charge >= 0.3 is 0 Å². The normalized spacial score (nSPS) is 24.3. The lowest BCUT2D eigenvalue weighted by Crippen LogP contribution is -2.40. The quantitative estimate of drug-likeness (QED) is 0.848. The van der Waals surface area contributed by atoms with E-state index < -0.39 is 0 Å². The predicted octanol–water partition coefficient (Wildman–Crippen LogP) is 2.29. The van der Waals surface area contributed by atoms with Gasteiger partial charge in [-0.25, -0.2) is 0 Å². The Morgan fingerprint density at radius 2 is 1.94 bits per heavy atom. The molecule has 0 aromatic carbocycles. The monoisotopic (exact) mass is 262 g/mol. The molecule has 0 saturated heterocycles. The van der Waals surface area contributed by atoms with Crippen LogP contribution < -0.4 is 5.73 Å². The summed E-state index contributed by atoms with van der Waals surface area (Å²) in [6.07, 6.45) is 3.30. The van der Waals surface area contributed by atoms with Gasteiger partial charge in [0.2, 0.25) is 5.91 Å². The molecule has 102 valence electrons. The molecule has 17 heavy (non-hydrogen) atoms. The Labute approximate surface area is 112 Å². The summed E-state index contributed by atoms with van der Waals surface area (Å²) in [7, 11) is 1.92. The highest BCUT2D eigenvalue weighted by Gasteiger charge is 2.34. The van der Waals surface area contributed by atoms with Gasteiger partial charge in [0, 0.05) is 19.5 Å². The third-order valence-electron chi connectivity index (χ3n) is 3.37. The van der Waals surface area contributed by atoms with Gasteiger partial charge in [0.1, 0.15) is 0 Å². The standard InChI is InChI=1S/C13H26N2O.ClH/c1-13(2,3)9-15(4)12(16)11-7-5-6-10(11)8-14;/h10-11H,5-9,14H2,1-4H3;1H/t10-,11-;/m1./s1. The van der Waals surface area contributed by atoms with Crippen LogP contribution >= 0.6 is 12.4 Å². The predicted molar refractivity (Wildman–Crippen MR) is 74.2 cm³/mol. The van der Waals surface area contributed by atoms with Crippen molar-refractivity contribution in [2.75, 3.05) is 20.1 Å². The Morgan fingerprint density at radius 1 is 1.35 bits per heavy atom. The fraction of sp³-hybridized carbons (Fsp3) is 0.923. The number of carbonyl (C=O) groups excluding carboxylic acids is 1. The molecule has 0 radical (unpaired) electrons. The summed E-state index contributed by atoms with van der Waals surface area (Å²) in [4.78, 5) is 14.2. The number of nitrogens with two attached hydrogens (primary N) is 1.